The molecule has 1 atom stereocenters. The first-order chi connectivity index (χ1) is 9.63. The Morgan fingerprint density at radius 3 is 2.70 bits per heavy atom. The number of amides is 1. The van der Waals surface area contributed by atoms with Crippen LogP contribution >= 0.6 is 0 Å². The van der Waals surface area contributed by atoms with Gasteiger partial charge in [-0.25, -0.2) is 4.79 Å². The average molecular weight is 283 g/mol. The van der Waals surface area contributed by atoms with Crippen LogP contribution in [0.1, 0.15) is 44.9 Å². The molecule has 0 aliphatic carbocycles. The molecule has 0 radical (unpaired) electrons. The van der Waals surface area contributed by atoms with Crippen molar-refractivity contribution in [3.63, 3.8) is 0 Å². The van der Waals surface area contributed by atoms with Gasteiger partial charge in [0.25, 0.3) is 0 Å². The smallest absolute Gasteiger partial charge is 0.326 e. The number of allylic oxidation sites excluding steroid dienone is 1. The number of carboxylic acids is 1. The standard InChI is InChI=1S/C15H25NO4/c1-2-3-6-13(15(18)19)16-14(17)7-4-5-12-8-10-20-11-9-12/h2,12-13H,1,3-11H2,(H,16,17)(H,18,19). The zero-order valence-electron chi connectivity index (χ0n) is 12.0. The fraction of sp³-hybridized carbons (Fsp3) is 0.733. The largest absolute Gasteiger partial charge is 0.480 e. The molecule has 0 aromatic rings. The molecule has 1 amide bonds. The number of carbonyl (C=O) groups excluding carboxylic acids is 1. The van der Waals surface area contributed by atoms with Crippen LogP contribution in [-0.4, -0.2) is 36.2 Å². The van der Waals surface area contributed by atoms with Crippen molar-refractivity contribution in [2.45, 2.75) is 51.0 Å². The Hall–Kier alpha value is -1.36. The minimum atomic E-state index is -0.982. The van der Waals surface area contributed by atoms with Gasteiger partial charge < -0.3 is 15.2 Å². The van der Waals surface area contributed by atoms with E-state index in [0.717, 1.165) is 38.9 Å². The van der Waals surface area contributed by atoms with Crippen molar-refractivity contribution >= 4 is 11.9 Å². The molecule has 2 N–H and O–H groups in total. The number of ether oxygens (including phenoxy) is 1. The van der Waals surface area contributed by atoms with Crippen molar-refractivity contribution in [3.05, 3.63) is 12.7 Å². The van der Waals surface area contributed by atoms with Gasteiger partial charge in [0.2, 0.25) is 5.91 Å². The highest BCUT2D eigenvalue weighted by molar-refractivity contribution is 5.83. The lowest BCUT2D eigenvalue weighted by Crippen LogP contribution is -2.40. The average Bonchev–Trinajstić information content (AvgIpc) is 2.44. The summed E-state index contributed by atoms with van der Waals surface area (Å²) in [6.45, 7) is 5.19. The second kappa shape index (κ2) is 9.53. The summed E-state index contributed by atoms with van der Waals surface area (Å²) in [7, 11) is 0. The Labute approximate surface area is 120 Å². The molecular formula is C15H25NO4. The molecule has 1 rings (SSSR count). The molecule has 0 aromatic heterocycles. The Morgan fingerprint density at radius 1 is 1.40 bits per heavy atom. The van der Waals surface area contributed by atoms with E-state index >= 15 is 0 Å². The summed E-state index contributed by atoms with van der Waals surface area (Å²) in [5, 5.41) is 11.6. The van der Waals surface area contributed by atoms with Gasteiger partial charge in [-0.2, -0.15) is 0 Å². The molecule has 1 fully saturated rings. The molecular weight excluding hydrogens is 258 g/mol. The lowest BCUT2D eigenvalue weighted by Gasteiger charge is -2.21. The van der Waals surface area contributed by atoms with Crippen molar-refractivity contribution in [3.8, 4) is 0 Å². The Bertz CT molecular complexity index is 324. The maximum absolute atomic E-state index is 11.7. The molecule has 1 aliphatic heterocycles. The van der Waals surface area contributed by atoms with Crippen LogP contribution in [-0.2, 0) is 14.3 Å². The molecule has 0 bridgehead atoms. The normalized spacial score (nSPS) is 17.4. The predicted octanol–water partition coefficient (Wildman–Crippen LogP) is 2.12. The molecule has 5 heteroatoms. The number of rotatable bonds is 9. The van der Waals surface area contributed by atoms with Crippen LogP contribution in [0.15, 0.2) is 12.7 Å². The third-order valence-corrected chi connectivity index (χ3v) is 3.65. The van der Waals surface area contributed by atoms with Gasteiger partial charge in [-0.15, -0.1) is 6.58 Å². The summed E-state index contributed by atoms with van der Waals surface area (Å²) in [5.74, 6) is -0.509. The van der Waals surface area contributed by atoms with E-state index < -0.39 is 12.0 Å². The van der Waals surface area contributed by atoms with Crippen molar-refractivity contribution in [2.75, 3.05) is 13.2 Å². The lowest BCUT2D eigenvalue weighted by molar-refractivity contribution is -0.142. The second-order valence-corrected chi connectivity index (χ2v) is 5.27. The predicted molar refractivity (Wildman–Crippen MR) is 76.4 cm³/mol. The quantitative estimate of drug-likeness (QED) is 0.636. The van der Waals surface area contributed by atoms with Gasteiger partial charge in [0.15, 0.2) is 0 Å². The van der Waals surface area contributed by atoms with E-state index in [1.54, 1.807) is 6.08 Å². The van der Waals surface area contributed by atoms with Crippen LogP contribution in [0.4, 0.5) is 0 Å². The highest BCUT2D eigenvalue weighted by Crippen LogP contribution is 2.20. The maximum atomic E-state index is 11.7. The summed E-state index contributed by atoms with van der Waals surface area (Å²) >= 11 is 0. The Balaban J connectivity index is 2.19. The molecule has 114 valence electrons. The van der Waals surface area contributed by atoms with Gasteiger partial charge in [0.1, 0.15) is 6.04 Å². The topological polar surface area (TPSA) is 75.6 Å². The Morgan fingerprint density at radius 2 is 2.10 bits per heavy atom. The SMILES string of the molecule is C=CCCC(NC(=O)CCCC1CCOCC1)C(=O)O. The van der Waals surface area contributed by atoms with E-state index in [9.17, 15) is 9.59 Å². The van der Waals surface area contributed by atoms with Crippen LogP contribution in [0.2, 0.25) is 0 Å². The molecule has 0 spiro atoms. The van der Waals surface area contributed by atoms with Gasteiger partial charge in [0.05, 0.1) is 0 Å². The molecule has 0 aromatic carbocycles. The molecule has 20 heavy (non-hydrogen) atoms. The monoisotopic (exact) mass is 283 g/mol. The van der Waals surface area contributed by atoms with Crippen LogP contribution in [0.3, 0.4) is 0 Å². The van der Waals surface area contributed by atoms with Crippen molar-refractivity contribution in [2.24, 2.45) is 5.92 Å². The number of aliphatic carboxylic acids is 1. The summed E-state index contributed by atoms with van der Waals surface area (Å²) in [5.41, 5.74) is 0. The van der Waals surface area contributed by atoms with Crippen LogP contribution in [0.5, 0.6) is 0 Å². The summed E-state index contributed by atoms with van der Waals surface area (Å²) in [6.07, 6.45) is 7.00. The third kappa shape index (κ3) is 6.70. The van der Waals surface area contributed by atoms with Gasteiger partial charge in [-0.3, -0.25) is 4.79 Å². The van der Waals surface area contributed by atoms with Gasteiger partial charge in [-0.1, -0.05) is 6.08 Å². The Kier molecular flexibility index (Phi) is 7.95. The third-order valence-electron chi connectivity index (χ3n) is 3.65. The van der Waals surface area contributed by atoms with Crippen LogP contribution < -0.4 is 5.32 Å². The molecule has 1 saturated heterocycles. The van der Waals surface area contributed by atoms with Crippen molar-refractivity contribution < 1.29 is 19.4 Å². The van der Waals surface area contributed by atoms with Crippen LogP contribution in [0, 0.1) is 5.92 Å². The molecule has 1 unspecified atom stereocenters. The number of carbonyl (C=O) groups is 2. The number of hydrogen-bond acceptors (Lipinski definition) is 3. The van der Waals surface area contributed by atoms with Crippen molar-refractivity contribution in [1.29, 1.82) is 0 Å². The number of nitrogens with one attached hydrogen (secondary N) is 1. The minimum Gasteiger partial charge on any atom is -0.480 e. The first-order valence-electron chi connectivity index (χ1n) is 7.34. The summed E-state index contributed by atoms with van der Waals surface area (Å²) in [4.78, 5) is 22.7. The van der Waals surface area contributed by atoms with E-state index in [-0.39, 0.29) is 5.91 Å². The summed E-state index contributed by atoms with van der Waals surface area (Å²) in [6, 6.07) is -0.802. The van der Waals surface area contributed by atoms with Crippen molar-refractivity contribution in [1.82, 2.24) is 5.32 Å². The van der Waals surface area contributed by atoms with Gasteiger partial charge in [0, 0.05) is 19.6 Å². The van der Waals surface area contributed by atoms with Gasteiger partial charge in [-0.05, 0) is 44.4 Å². The number of carboxylic acid groups (broad SMARTS) is 1. The first-order valence-corrected chi connectivity index (χ1v) is 7.34. The molecule has 0 saturated carbocycles. The zero-order chi connectivity index (χ0) is 14.8. The minimum absolute atomic E-state index is 0.173. The zero-order valence-corrected chi connectivity index (χ0v) is 12.0. The van der Waals surface area contributed by atoms with E-state index in [0.29, 0.717) is 25.2 Å². The van der Waals surface area contributed by atoms with E-state index in [4.69, 9.17) is 9.84 Å². The molecule has 1 heterocycles. The summed E-state index contributed by atoms with van der Waals surface area (Å²) < 4.78 is 5.29. The number of hydrogen-bond donors (Lipinski definition) is 2. The molecule has 1 aliphatic rings. The molecule has 5 nitrogen and oxygen atoms in total. The maximum Gasteiger partial charge on any atom is 0.326 e. The second-order valence-electron chi connectivity index (χ2n) is 5.27. The first kappa shape index (κ1) is 16.7. The van der Waals surface area contributed by atoms with E-state index in [1.165, 1.54) is 0 Å². The van der Waals surface area contributed by atoms with Gasteiger partial charge >= 0.3 is 5.97 Å². The van der Waals surface area contributed by atoms with E-state index in [2.05, 4.69) is 11.9 Å². The highest BCUT2D eigenvalue weighted by Gasteiger charge is 2.19. The van der Waals surface area contributed by atoms with Crippen LogP contribution in [0.25, 0.3) is 0 Å². The fourth-order valence-corrected chi connectivity index (χ4v) is 2.39. The van der Waals surface area contributed by atoms with E-state index in [1.807, 2.05) is 0 Å². The fourth-order valence-electron chi connectivity index (χ4n) is 2.39. The highest BCUT2D eigenvalue weighted by atomic mass is 16.5. The lowest BCUT2D eigenvalue weighted by atomic mass is 9.94.